The van der Waals surface area contributed by atoms with E-state index in [1.165, 1.54) is 0 Å². The van der Waals surface area contributed by atoms with Gasteiger partial charge in [-0.15, -0.1) is 0 Å². The lowest BCUT2D eigenvalue weighted by molar-refractivity contribution is -0.119. The van der Waals surface area contributed by atoms with Crippen molar-refractivity contribution in [2.75, 3.05) is 0 Å². The SMILES string of the molecule is CCC(CC)(Oc1cc(C)c(Sc2ccc(O)c(C(C)C)c2)c(C)c1)O[PH](=O)O. The molecule has 2 aromatic carbocycles. The van der Waals surface area contributed by atoms with Crippen LogP contribution < -0.4 is 4.74 Å². The van der Waals surface area contributed by atoms with Crippen LogP contribution in [-0.4, -0.2) is 15.8 Å². The second-order valence-corrected chi connectivity index (χ2v) is 9.27. The molecule has 0 aliphatic rings. The average molecular weight is 439 g/mol. The van der Waals surface area contributed by atoms with Gasteiger partial charge in [0, 0.05) is 22.6 Å². The van der Waals surface area contributed by atoms with E-state index in [0.717, 1.165) is 26.5 Å². The van der Waals surface area contributed by atoms with E-state index in [1.807, 2.05) is 52.0 Å². The van der Waals surface area contributed by atoms with Crippen molar-refractivity contribution in [3.05, 3.63) is 47.0 Å². The highest BCUT2D eigenvalue weighted by molar-refractivity contribution is 7.99. The summed E-state index contributed by atoms with van der Waals surface area (Å²) in [6.07, 6.45) is 0.918. The number of aryl methyl sites for hydroxylation is 2. The molecule has 0 fully saturated rings. The summed E-state index contributed by atoms with van der Waals surface area (Å²) in [5.41, 5.74) is 3.01. The smallest absolute Gasteiger partial charge is 0.319 e. The summed E-state index contributed by atoms with van der Waals surface area (Å²) in [6, 6.07) is 9.54. The van der Waals surface area contributed by atoms with Crippen LogP contribution in [0, 0.1) is 13.8 Å². The fourth-order valence-electron chi connectivity index (χ4n) is 3.24. The van der Waals surface area contributed by atoms with Crippen molar-refractivity contribution in [2.24, 2.45) is 0 Å². The largest absolute Gasteiger partial charge is 0.508 e. The topological polar surface area (TPSA) is 76.0 Å². The first-order valence-electron chi connectivity index (χ1n) is 9.83. The number of rotatable bonds is 9. The van der Waals surface area contributed by atoms with Gasteiger partial charge in [-0.25, -0.2) is 0 Å². The molecule has 0 aliphatic heterocycles. The number of aromatic hydroxyl groups is 1. The van der Waals surface area contributed by atoms with Crippen LogP contribution in [0.3, 0.4) is 0 Å². The van der Waals surface area contributed by atoms with Crippen molar-refractivity contribution >= 4 is 20.0 Å². The highest BCUT2D eigenvalue weighted by atomic mass is 32.2. The van der Waals surface area contributed by atoms with Gasteiger partial charge in [0.25, 0.3) is 0 Å². The summed E-state index contributed by atoms with van der Waals surface area (Å²) < 4.78 is 22.6. The standard InChI is InChI=1S/C22H31O5PS/c1-7-22(8-2,27-28(24)25)26-17-11-15(5)21(16(6)12-17)29-18-9-10-20(23)19(13-18)14(3)4/h9-14,23,28H,7-8H2,1-6H3,(H,24,25). The van der Waals surface area contributed by atoms with Crippen LogP contribution in [0.4, 0.5) is 0 Å². The third-order valence-corrected chi connectivity index (χ3v) is 6.81. The van der Waals surface area contributed by atoms with Crippen molar-refractivity contribution in [2.45, 2.75) is 75.9 Å². The van der Waals surface area contributed by atoms with Crippen LogP contribution in [0.1, 0.15) is 63.1 Å². The first kappa shape index (κ1) is 23.8. The van der Waals surface area contributed by atoms with E-state index in [-0.39, 0.29) is 5.92 Å². The first-order chi connectivity index (χ1) is 13.6. The number of hydrogen-bond acceptors (Lipinski definition) is 5. The Balaban J connectivity index is 2.32. The molecular formula is C22H31O5PS. The lowest BCUT2D eigenvalue weighted by Crippen LogP contribution is -2.35. The number of phenols is 1. The van der Waals surface area contributed by atoms with E-state index < -0.39 is 14.0 Å². The van der Waals surface area contributed by atoms with E-state index in [0.29, 0.717) is 24.3 Å². The summed E-state index contributed by atoms with van der Waals surface area (Å²) in [4.78, 5) is 11.4. The van der Waals surface area contributed by atoms with Gasteiger partial charge in [-0.05, 0) is 66.8 Å². The molecule has 0 saturated carbocycles. The van der Waals surface area contributed by atoms with Gasteiger partial charge in [0.05, 0.1) is 0 Å². The van der Waals surface area contributed by atoms with E-state index in [4.69, 9.17) is 9.26 Å². The number of ether oxygens (including phenoxy) is 1. The second kappa shape index (κ2) is 10.0. The molecule has 2 N–H and O–H groups in total. The Kier molecular flexibility index (Phi) is 8.24. The first-order valence-corrected chi connectivity index (χ1v) is 11.9. The predicted octanol–water partition coefficient (Wildman–Crippen LogP) is 6.58. The molecule has 0 aliphatic carbocycles. The lowest BCUT2D eigenvalue weighted by Gasteiger charge is -2.31. The monoisotopic (exact) mass is 438 g/mol. The molecule has 7 heteroatoms. The molecule has 0 radical (unpaired) electrons. The second-order valence-electron chi connectivity index (χ2n) is 7.45. The minimum atomic E-state index is -3.12. The molecule has 0 bridgehead atoms. The summed E-state index contributed by atoms with van der Waals surface area (Å²) in [5.74, 6) is 0.0651. The van der Waals surface area contributed by atoms with Crippen LogP contribution in [0.5, 0.6) is 11.5 Å². The van der Waals surface area contributed by atoms with E-state index in [9.17, 15) is 14.6 Å². The summed E-state index contributed by atoms with van der Waals surface area (Å²) >= 11 is 1.65. The van der Waals surface area contributed by atoms with Gasteiger partial charge >= 0.3 is 8.25 Å². The fraction of sp³-hybridized carbons (Fsp3) is 0.455. The summed E-state index contributed by atoms with van der Waals surface area (Å²) in [6.45, 7) is 11.9. The van der Waals surface area contributed by atoms with Crippen LogP contribution >= 0.6 is 20.0 Å². The molecule has 160 valence electrons. The van der Waals surface area contributed by atoms with Crippen LogP contribution in [-0.2, 0) is 9.09 Å². The normalized spacial score (nSPS) is 13.0. The van der Waals surface area contributed by atoms with Crippen LogP contribution in [0.15, 0.2) is 40.1 Å². The van der Waals surface area contributed by atoms with Gasteiger partial charge in [0.1, 0.15) is 11.5 Å². The van der Waals surface area contributed by atoms with Gasteiger partial charge in [0.2, 0.25) is 5.79 Å². The van der Waals surface area contributed by atoms with Crippen molar-refractivity contribution in [1.82, 2.24) is 0 Å². The highest BCUT2D eigenvalue weighted by Gasteiger charge is 2.32. The van der Waals surface area contributed by atoms with Crippen LogP contribution in [0.2, 0.25) is 0 Å². The Hall–Kier alpha value is -1.46. The number of hydrogen-bond donors (Lipinski definition) is 2. The van der Waals surface area contributed by atoms with Gasteiger partial charge < -0.3 is 14.7 Å². The Morgan fingerprint density at radius 3 is 2.17 bits per heavy atom. The molecular weight excluding hydrogens is 407 g/mol. The minimum Gasteiger partial charge on any atom is -0.508 e. The number of phenolic OH excluding ortho intramolecular Hbond substituents is 1. The Morgan fingerprint density at radius 1 is 1.10 bits per heavy atom. The van der Waals surface area contributed by atoms with Gasteiger partial charge in [-0.2, -0.15) is 0 Å². The molecule has 2 rings (SSSR count). The predicted molar refractivity (Wildman–Crippen MR) is 118 cm³/mol. The maximum Gasteiger partial charge on any atom is 0.319 e. The van der Waals surface area contributed by atoms with E-state index in [2.05, 4.69) is 13.8 Å². The molecule has 0 heterocycles. The van der Waals surface area contributed by atoms with E-state index in [1.54, 1.807) is 17.8 Å². The third kappa shape index (κ3) is 6.02. The van der Waals surface area contributed by atoms with Crippen molar-refractivity contribution < 1.29 is 23.8 Å². The molecule has 5 nitrogen and oxygen atoms in total. The molecule has 0 aromatic heterocycles. The van der Waals surface area contributed by atoms with E-state index >= 15 is 0 Å². The zero-order chi connectivity index (χ0) is 21.8. The highest BCUT2D eigenvalue weighted by Crippen LogP contribution is 2.40. The third-order valence-electron chi connectivity index (χ3n) is 4.93. The zero-order valence-corrected chi connectivity index (χ0v) is 19.7. The van der Waals surface area contributed by atoms with Crippen molar-refractivity contribution in [3.63, 3.8) is 0 Å². The molecule has 0 saturated heterocycles. The van der Waals surface area contributed by atoms with Crippen LogP contribution in [0.25, 0.3) is 0 Å². The maximum absolute atomic E-state index is 11.3. The lowest BCUT2D eigenvalue weighted by atomic mass is 10.0. The minimum absolute atomic E-state index is 0.240. The summed E-state index contributed by atoms with van der Waals surface area (Å²) in [5, 5.41) is 10.1. The van der Waals surface area contributed by atoms with Gasteiger partial charge in [-0.3, -0.25) is 9.09 Å². The average Bonchev–Trinajstić information content (AvgIpc) is 2.64. The fourth-order valence-corrected chi connectivity index (χ4v) is 4.89. The molecule has 0 spiro atoms. The molecule has 29 heavy (non-hydrogen) atoms. The zero-order valence-electron chi connectivity index (χ0n) is 17.9. The molecule has 2 aromatic rings. The quantitative estimate of drug-likeness (QED) is 0.340. The van der Waals surface area contributed by atoms with Gasteiger partial charge in [-0.1, -0.05) is 39.5 Å². The maximum atomic E-state index is 11.3. The Bertz CT molecular complexity index is 854. The van der Waals surface area contributed by atoms with Crippen molar-refractivity contribution in [1.29, 1.82) is 0 Å². The molecule has 1 atom stereocenters. The van der Waals surface area contributed by atoms with Gasteiger partial charge in [0.15, 0.2) is 0 Å². The number of benzene rings is 2. The Labute approximate surface area is 178 Å². The molecule has 0 amide bonds. The van der Waals surface area contributed by atoms with Crippen molar-refractivity contribution in [3.8, 4) is 11.5 Å². The molecule has 1 unspecified atom stereocenters. The Morgan fingerprint density at radius 2 is 1.69 bits per heavy atom. The summed E-state index contributed by atoms with van der Waals surface area (Å²) in [7, 11) is -3.12.